The van der Waals surface area contributed by atoms with Gasteiger partial charge in [-0.15, -0.1) is 11.3 Å². The van der Waals surface area contributed by atoms with Crippen molar-refractivity contribution in [3.63, 3.8) is 0 Å². The van der Waals surface area contributed by atoms with Crippen molar-refractivity contribution in [2.45, 2.75) is 13.0 Å². The summed E-state index contributed by atoms with van der Waals surface area (Å²) < 4.78 is 0. The monoisotopic (exact) mass is 295 g/mol. The van der Waals surface area contributed by atoms with Crippen LogP contribution in [0.2, 0.25) is 0 Å². The predicted octanol–water partition coefficient (Wildman–Crippen LogP) is 3.54. The maximum Gasteiger partial charge on any atom is 0.142 e. The number of rotatable bonds is 6. The Kier molecular flexibility index (Phi) is 4.71. The van der Waals surface area contributed by atoms with Gasteiger partial charge in [-0.3, -0.25) is 4.98 Å². The first kappa shape index (κ1) is 13.9. The summed E-state index contributed by atoms with van der Waals surface area (Å²) in [6, 6.07) is 16.4. The van der Waals surface area contributed by atoms with Gasteiger partial charge in [0.1, 0.15) is 5.01 Å². The van der Waals surface area contributed by atoms with E-state index in [0.717, 1.165) is 35.9 Å². The molecule has 0 unspecified atom stereocenters. The number of hydrogen-bond acceptors (Lipinski definition) is 4. The Balaban J connectivity index is 1.49. The first-order chi connectivity index (χ1) is 10.4. The van der Waals surface area contributed by atoms with Crippen LogP contribution in [0, 0.1) is 0 Å². The minimum atomic E-state index is 0.802. The van der Waals surface area contributed by atoms with E-state index in [4.69, 9.17) is 0 Å². The fraction of sp³-hybridized carbons (Fsp3) is 0.176. The van der Waals surface area contributed by atoms with Gasteiger partial charge in [0.05, 0.1) is 11.4 Å². The summed E-state index contributed by atoms with van der Waals surface area (Å²) in [6.07, 6.45) is 2.84. The second-order valence-corrected chi connectivity index (χ2v) is 5.63. The highest BCUT2D eigenvalue weighted by atomic mass is 32.1. The van der Waals surface area contributed by atoms with Crippen molar-refractivity contribution in [1.82, 2.24) is 15.3 Å². The van der Waals surface area contributed by atoms with Crippen molar-refractivity contribution < 1.29 is 0 Å². The van der Waals surface area contributed by atoms with E-state index >= 15 is 0 Å². The minimum Gasteiger partial charge on any atom is -0.311 e. The van der Waals surface area contributed by atoms with Crippen molar-refractivity contribution in [3.05, 3.63) is 71.4 Å². The summed E-state index contributed by atoms with van der Waals surface area (Å²) in [7, 11) is 0. The summed E-state index contributed by atoms with van der Waals surface area (Å²) in [5.41, 5.74) is 3.38. The molecule has 0 amide bonds. The molecule has 1 aromatic carbocycles. The van der Waals surface area contributed by atoms with Crippen molar-refractivity contribution in [3.8, 4) is 10.7 Å². The summed E-state index contributed by atoms with van der Waals surface area (Å²) in [6.45, 7) is 1.76. The number of nitrogens with zero attached hydrogens (tertiary/aromatic N) is 2. The molecule has 0 radical (unpaired) electrons. The van der Waals surface area contributed by atoms with E-state index in [9.17, 15) is 0 Å². The Morgan fingerprint density at radius 3 is 2.67 bits per heavy atom. The van der Waals surface area contributed by atoms with Crippen LogP contribution in [0.5, 0.6) is 0 Å². The molecule has 0 fully saturated rings. The zero-order valence-electron chi connectivity index (χ0n) is 11.7. The maximum absolute atomic E-state index is 4.62. The van der Waals surface area contributed by atoms with Crippen LogP contribution in [0.1, 0.15) is 11.3 Å². The molecule has 0 saturated heterocycles. The van der Waals surface area contributed by atoms with Crippen molar-refractivity contribution >= 4 is 11.3 Å². The summed E-state index contributed by atoms with van der Waals surface area (Å²) in [5.74, 6) is 0. The summed E-state index contributed by atoms with van der Waals surface area (Å²) in [5, 5.41) is 6.52. The number of nitrogens with one attached hydrogen (secondary N) is 1. The number of hydrogen-bond donors (Lipinski definition) is 1. The highest BCUT2D eigenvalue weighted by molar-refractivity contribution is 7.13. The van der Waals surface area contributed by atoms with E-state index in [-0.39, 0.29) is 0 Å². The van der Waals surface area contributed by atoms with Crippen LogP contribution in [0.3, 0.4) is 0 Å². The molecule has 0 aliphatic carbocycles. The number of benzene rings is 1. The van der Waals surface area contributed by atoms with E-state index in [1.165, 1.54) is 5.56 Å². The van der Waals surface area contributed by atoms with Crippen LogP contribution < -0.4 is 5.32 Å². The van der Waals surface area contributed by atoms with Gasteiger partial charge in [-0.05, 0) is 30.7 Å². The fourth-order valence-corrected chi connectivity index (χ4v) is 2.88. The van der Waals surface area contributed by atoms with Crippen LogP contribution >= 0.6 is 11.3 Å². The molecular formula is C17H17N3S. The molecule has 3 nitrogen and oxygen atoms in total. The largest absolute Gasteiger partial charge is 0.311 e. The Bertz CT molecular complexity index is 665. The number of pyridine rings is 1. The molecule has 3 aromatic rings. The Morgan fingerprint density at radius 1 is 1.00 bits per heavy atom. The van der Waals surface area contributed by atoms with Gasteiger partial charge in [-0.1, -0.05) is 36.4 Å². The van der Waals surface area contributed by atoms with Gasteiger partial charge in [-0.2, -0.15) is 0 Å². The molecule has 2 aromatic heterocycles. The van der Waals surface area contributed by atoms with Crippen molar-refractivity contribution in [2.24, 2.45) is 0 Å². The molecular weight excluding hydrogens is 278 g/mol. The normalized spacial score (nSPS) is 10.7. The summed E-state index contributed by atoms with van der Waals surface area (Å²) >= 11 is 1.64. The molecule has 4 heteroatoms. The second kappa shape index (κ2) is 7.11. The van der Waals surface area contributed by atoms with Gasteiger partial charge in [0.15, 0.2) is 0 Å². The third-order valence-electron chi connectivity index (χ3n) is 3.18. The van der Waals surface area contributed by atoms with E-state index in [2.05, 4.69) is 44.9 Å². The molecule has 3 rings (SSSR count). The molecule has 2 heterocycles. The van der Waals surface area contributed by atoms with Crippen LogP contribution in [0.25, 0.3) is 10.7 Å². The average Bonchev–Trinajstić information content (AvgIpc) is 3.02. The van der Waals surface area contributed by atoms with E-state index in [0.29, 0.717) is 0 Å². The highest BCUT2D eigenvalue weighted by Crippen LogP contribution is 2.21. The second-order valence-electron chi connectivity index (χ2n) is 4.77. The molecule has 1 N–H and O–H groups in total. The van der Waals surface area contributed by atoms with Crippen molar-refractivity contribution in [2.75, 3.05) is 6.54 Å². The lowest BCUT2D eigenvalue weighted by atomic mass is 10.1. The predicted molar refractivity (Wildman–Crippen MR) is 87.2 cm³/mol. The van der Waals surface area contributed by atoms with Crippen molar-refractivity contribution in [1.29, 1.82) is 0 Å². The molecule has 0 bridgehead atoms. The molecule has 0 saturated carbocycles. The zero-order valence-corrected chi connectivity index (χ0v) is 12.5. The minimum absolute atomic E-state index is 0.802. The topological polar surface area (TPSA) is 37.8 Å². The smallest absolute Gasteiger partial charge is 0.142 e. The lowest BCUT2D eigenvalue weighted by Gasteiger charge is -2.02. The average molecular weight is 295 g/mol. The first-order valence-corrected chi connectivity index (χ1v) is 7.90. The SMILES string of the molecule is c1ccc(CCNCc2csc(-c3ccccn3)n2)cc1. The Labute approximate surface area is 128 Å². The number of thiazole rings is 1. The third kappa shape index (κ3) is 3.97. The first-order valence-electron chi connectivity index (χ1n) is 7.02. The molecule has 21 heavy (non-hydrogen) atoms. The third-order valence-corrected chi connectivity index (χ3v) is 4.09. The van der Waals surface area contributed by atoms with Gasteiger partial charge in [0, 0.05) is 18.1 Å². The zero-order chi connectivity index (χ0) is 14.3. The molecule has 0 aliphatic rings. The van der Waals surface area contributed by atoms with Gasteiger partial charge < -0.3 is 5.32 Å². The quantitative estimate of drug-likeness (QED) is 0.707. The van der Waals surface area contributed by atoms with Crippen LogP contribution in [0.15, 0.2) is 60.1 Å². The van der Waals surface area contributed by atoms with E-state index in [1.807, 2.05) is 24.3 Å². The van der Waals surface area contributed by atoms with Crippen LogP contribution in [0.4, 0.5) is 0 Å². The van der Waals surface area contributed by atoms with Gasteiger partial charge >= 0.3 is 0 Å². The van der Waals surface area contributed by atoms with E-state index < -0.39 is 0 Å². The fourth-order valence-electron chi connectivity index (χ4n) is 2.09. The van der Waals surface area contributed by atoms with Gasteiger partial charge in [0.2, 0.25) is 0 Å². The standard InChI is InChI=1S/C17H17N3S/c1-2-6-14(7-3-1)9-11-18-12-15-13-21-17(20-15)16-8-4-5-10-19-16/h1-8,10,13,18H,9,11-12H2. The summed E-state index contributed by atoms with van der Waals surface area (Å²) in [4.78, 5) is 8.94. The molecule has 106 valence electrons. The van der Waals surface area contributed by atoms with Gasteiger partial charge in [-0.25, -0.2) is 4.98 Å². The lowest BCUT2D eigenvalue weighted by molar-refractivity contribution is 0.678. The molecule has 0 aliphatic heterocycles. The lowest BCUT2D eigenvalue weighted by Crippen LogP contribution is -2.16. The highest BCUT2D eigenvalue weighted by Gasteiger charge is 2.04. The maximum atomic E-state index is 4.62. The van der Waals surface area contributed by atoms with Crippen LogP contribution in [-0.2, 0) is 13.0 Å². The number of aromatic nitrogens is 2. The Hall–Kier alpha value is -2.04. The van der Waals surface area contributed by atoms with Crippen LogP contribution in [-0.4, -0.2) is 16.5 Å². The van der Waals surface area contributed by atoms with E-state index in [1.54, 1.807) is 17.5 Å². The Morgan fingerprint density at radius 2 is 1.86 bits per heavy atom. The van der Waals surface area contributed by atoms with Gasteiger partial charge in [0.25, 0.3) is 0 Å². The molecule has 0 atom stereocenters. The molecule has 0 spiro atoms.